The van der Waals surface area contributed by atoms with Crippen LogP contribution in [-0.2, 0) is 12.8 Å². The molecule has 0 saturated heterocycles. The molecule has 1 aromatic rings. The summed E-state index contributed by atoms with van der Waals surface area (Å²) in [7, 11) is 0. The average molecular weight is 177 g/mol. The molecule has 1 nitrogen and oxygen atoms in total. The van der Waals surface area contributed by atoms with Crippen molar-refractivity contribution in [1.82, 2.24) is 4.98 Å². The van der Waals surface area contributed by atoms with Crippen LogP contribution in [0.5, 0.6) is 0 Å². The number of pyridine rings is 1. The molecular formula is C12H19N. The van der Waals surface area contributed by atoms with Crippen LogP contribution < -0.4 is 0 Å². The van der Waals surface area contributed by atoms with Crippen LogP contribution in [0.1, 0.15) is 37.7 Å². The molecule has 0 N–H and O–H groups in total. The summed E-state index contributed by atoms with van der Waals surface area (Å²) in [4.78, 5) is 4.59. The molecular weight excluding hydrogens is 158 g/mol. The van der Waals surface area contributed by atoms with Gasteiger partial charge in [-0.05, 0) is 43.4 Å². The number of nitrogens with zero attached hydrogens (tertiary/aromatic N) is 1. The van der Waals surface area contributed by atoms with Crippen LogP contribution >= 0.6 is 0 Å². The zero-order valence-electron chi connectivity index (χ0n) is 9.09. The Kier molecular flexibility index (Phi) is 3.47. The molecule has 1 rings (SSSR count). The quantitative estimate of drug-likeness (QED) is 0.691. The van der Waals surface area contributed by atoms with Crippen molar-refractivity contribution in [3.63, 3.8) is 0 Å². The Morgan fingerprint density at radius 1 is 1.23 bits per heavy atom. The summed E-state index contributed by atoms with van der Waals surface area (Å²) in [6.07, 6.45) is 2.13. The van der Waals surface area contributed by atoms with Gasteiger partial charge in [0.25, 0.3) is 0 Å². The Morgan fingerprint density at radius 2 is 1.85 bits per heavy atom. The van der Waals surface area contributed by atoms with Gasteiger partial charge in [-0.2, -0.15) is 0 Å². The molecule has 0 aliphatic carbocycles. The maximum Gasteiger partial charge on any atom is 0.0412 e. The van der Waals surface area contributed by atoms with Crippen molar-refractivity contribution in [3.8, 4) is 0 Å². The molecule has 0 amide bonds. The van der Waals surface area contributed by atoms with E-state index >= 15 is 0 Å². The molecule has 1 aromatic heterocycles. The fourth-order valence-electron chi connectivity index (χ4n) is 1.52. The van der Waals surface area contributed by atoms with E-state index in [4.69, 9.17) is 0 Å². The van der Waals surface area contributed by atoms with Crippen molar-refractivity contribution in [2.45, 2.75) is 40.5 Å². The molecule has 0 radical (unpaired) electrons. The van der Waals surface area contributed by atoms with E-state index in [1.54, 1.807) is 0 Å². The average Bonchev–Trinajstić information content (AvgIpc) is 2.01. The van der Waals surface area contributed by atoms with E-state index in [2.05, 4.69) is 44.8 Å². The minimum absolute atomic E-state index is 0.694. The highest BCUT2D eigenvalue weighted by atomic mass is 14.7. The van der Waals surface area contributed by atoms with Crippen molar-refractivity contribution in [1.29, 1.82) is 0 Å². The van der Waals surface area contributed by atoms with Gasteiger partial charge >= 0.3 is 0 Å². The zero-order valence-corrected chi connectivity index (χ0v) is 9.09. The van der Waals surface area contributed by atoms with E-state index in [0.29, 0.717) is 5.92 Å². The molecule has 0 atom stereocenters. The van der Waals surface area contributed by atoms with Crippen molar-refractivity contribution in [2.75, 3.05) is 0 Å². The number of aromatic nitrogens is 1. The number of aryl methyl sites for hydroxylation is 2. The van der Waals surface area contributed by atoms with Gasteiger partial charge in [-0.25, -0.2) is 0 Å². The van der Waals surface area contributed by atoms with E-state index < -0.39 is 0 Å². The van der Waals surface area contributed by atoms with Crippen LogP contribution in [0.15, 0.2) is 12.1 Å². The second kappa shape index (κ2) is 4.40. The van der Waals surface area contributed by atoms with E-state index in [9.17, 15) is 0 Å². The molecule has 0 aromatic carbocycles. The first kappa shape index (κ1) is 10.2. The summed E-state index contributed by atoms with van der Waals surface area (Å²) in [5.41, 5.74) is 3.80. The smallest absolute Gasteiger partial charge is 0.0412 e. The van der Waals surface area contributed by atoms with Crippen LogP contribution in [0, 0.1) is 12.8 Å². The maximum absolute atomic E-state index is 4.59. The third-order valence-corrected chi connectivity index (χ3v) is 2.06. The van der Waals surface area contributed by atoms with Gasteiger partial charge in [0.05, 0.1) is 0 Å². The first-order valence-electron chi connectivity index (χ1n) is 5.08. The van der Waals surface area contributed by atoms with Gasteiger partial charge in [-0.1, -0.05) is 20.8 Å². The molecule has 1 heterocycles. The van der Waals surface area contributed by atoms with Gasteiger partial charge in [0.2, 0.25) is 0 Å². The summed E-state index contributed by atoms with van der Waals surface area (Å²) in [5, 5.41) is 0. The van der Waals surface area contributed by atoms with Crippen LogP contribution in [0.2, 0.25) is 0 Å². The maximum atomic E-state index is 4.59. The lowest BCUT2D eigenvalue weighted by molar-refractivity contribution is 0.632. The minimum atomic E-state index is 0.694. The topological polar surface area (TPSA) is 12.9 Å². The van der Waals surface area contributed by atoms with Crippen molar-refractivity contribution in [2.24, 2.45) is 5.92 Å². The van der Waals surface area contributed by atoms with Crippen molar-refractivity contribution < 1.29 is 0 Å². The summed E-state index contributed by atoms with van der Waals surface area (Å²) in [5.74, 6) is 0.694. The van der Waals surface area contributed by atoms with Crippen LogP contribution in [0.4, 0.5) is 0 Å². The fraction of sp³-hybridized carbons (Fsp3) is 0.583. The Balaban J connectivity index is 2.88. The van der Waals surface area contributed by atoms with Crippen LogP contribution in [0.25, 0.3) is 0 Å². The highest BCUT2D eigenvalue weighted by Crippen LogP contribution is 2.10. The van der Waals surface area contributed by atoms with Gasteiger partial charge in [0.1, 0.15) is 0 Å². The van der Waals surface area contributed by atoms with E-state index in [-0.39, 0.29) is 0 Å². The van der Waals surface area contributed by atoms with E-state index in [1.165, 1.54) is 17.0 Å². The van der Waals surface area contributed by atoms with Gasteiger partial charge < -0.3 is 0 Å². The summed E-state index contributed by atoms with van der Waals surface area (Å²) >= 11 is 0. The van der Waals surface area contributed by atoms with Crippen molar-refractivity contribution >= 4 is 0 Å². The Bertz CT molecular complexity index is 276. The molecule has 0 aliphatic rings. The zero-order chi connectivity index (χ0) is 9.84. The summed E-state index contributed by atoms with van der Waals surface area (Å²) < 4.78 is 0. The molecule has 1 heteroatoms. The molecule has 72 valence electrons. The first-order valence-corrected chi connectivity index (χ1v) is 5.08. The second-order valence-electron chi connectivity index (χ2n) is 4.08. The fourth-order valence-corrected chi connectivity index (χ4v) is 1.52. The molecule has 0 aliphatic heterocycles. The van der Waals surface area contributed by atoms with Gasteiger partial charge in [-0.15, -0.1) is 0 Å². The second-order valence-corrected chi connectivity index (χ2v) is 4.08. The Labute approximate surface area is 81.2 Å². The molecule has 0 saturated carbocycles. The first-order chi connectivity index (χ1) is 6.11. The third-order valence-electron chi connectivity index (χ3n) is 2.06. The number of hydrogen-bond acceptors (Lipinski definition) is 1. The summed E-state index contributed by atoms with van der Waals surface area (Å²) in [6.45, 7) is 8.76. The third kappa shape index (κ3) is 3.17. The van der Waals surface area contributed by atoms with E-state index in [0.717, 1.165) is 12.8 Å². The molecule has 0 fully saturated rings. The minimum Gasteiger partial charge on any atom is -0.258 e. The van der Waals surface area contributed by atoms with E-state index in [1.807, 2.05) is 0 Å². The van der Waals surface area contributed by atoms with Crippen LogP contribution in [0.3, 0.4) is 0 Å². The van der Waals surface area contributed by atoms with Crippen molar-refractivity contribution in [3.05, 3.63) is 29.1 Å². The number of rotatable bonds is 3. The Morgan fingerprint density at radius 3 is 2.38 bits per heavy atom. The van der Waals surface area contributed by atoms with Gasteiger partial charge in [0, 0.05) is 11.4 Å². The normalized spacial score (nSPS) is 10.8. The lowest BCUT2D eigenvalue weighted by atomic mass is 10.1. The lowest BCUT2D eigenvalue weighted by Crippen LogP contribution is -2.00. The highest BCUT2D eigenvalue weighted by Gasteiger charge is 2.01. The molecule has 0 unspecified atom stereocenters. The largest absolute Gasteiger partial charge is 0.258 e. The SMILES string of the molecule is CCc1cc(C)cc(CC(C)C)n1. The van der Waals surface area contributed by atoms with Gasteiger partial charge in [-0.3, -0.25) is 4.98 Å². The molecule has 0 bridgehead atoms. The van der Waals surface area contributed by atoms with Gasteiger partial charge in [0.15, 0.2) is 0 Å². The predicted octanol–water partition coefficient (Wildman–Crippen LogP) is 3.15. The lowest BCUT2D eigenvalue weighted by Gasteiger charge is -2.07. The summed E-state index contributed by atoms with van der Waals surface area (Å²) in [6, 6.07) is 4.36. The molecule has 0 spiro atoms. The Hall–Kier alpha value is -0.850. The molecule has 13 heavy (non-hydrogen) atoms. The van der Waals surface area contributed by atoms with Crippen LogP contribution in [-0.4, -0.2) is 4.98 Å². The highest BCUT2D eigenvalue weighted by molar-refractivity contribution is 5.20. The predicted molar refractivity (Wildman–Crippen MR) is 56.9 cm³/mol. The number of hydrogen-bond donors (Lipinski definition) is 0. The standard InChI is InChI=1S/C12H19N/c1-5-11-7-10(4)8-12(13-11)6-9(2)3/h7-9H,5-6H2,1-4H3. The monoisotopic (exact) mass is 177 g/mol.